The second kappa shape index (κ2) is 6.83. The van der Waals surface area contributed by atoms with Crippen molar-refractivity contribution in [2.75, 3.05) is 25.0 Å². The van der Waals surface area contributed by atoms with E-state index in [2.05, 4.69) is 41.0 Å². The van der Waals surface area contributed by atoms with Crippen molar-refractivity contribution >= 4 is 17.3 Å². The molecule has 0 aliphatic carbocycles. The molecule has 0 aromatic heterocycles. The largest absolute Gasteiger partial charge is 0.490 e. The summed E-state index contributed by atoms with van der Waals surface area (Å²) in [6, 6.07) is 14.3. The predicted octanol–water partition coefficient (Wildman–Crippen LogP) is 3.48. The average molecular weight is 303 g/mol. The van der Waals surface area contributed by atoms with Crippen LogP contribution in [0.1, 0.15) is 11.1 Å². The lowest BCUT2D eigenvalue weighted by atomic mass is 10.1. The number of fused-ring (bicyclic) bond motifs is 1. The second-order valence-electron chi connectivity index (χ2n) is 5.16. The van der Waals surface area contributed by atoms with Crippen LogP contribution in [-0.4, -0.2) is 19.7 Å². The van der Waals surface area contributed by atoms with Crippen molar-refractivity contribution < 1.29 is 4.74 Å². The summed E-state index contributed by atoms with van der Waals surface area (Å²) in [6.07, 6.45) is 1.00. The van der Waals surface area contributed by atoms with Gasteiger partial charge in [-0.15, -0.1) is 0 Å². The molecule has 0 spiro atoms. The lowest BCUT2D eigenvalue weighted by Gasteiger charge is -2.19. The van der Waals surface area contributed by atoms with Crippen molar-refractivity contribution in [3.63, 3.8) is 0 Å². The Morgan fingerprint density at radius 1 is 1.10 bits per heavy atom. The third-order valence-corrected chi connectivity index (χ3v) is 3.80. The molecule has 0 unspecified atom stereocenters. The minimum absolute atomic E-state index is 0.745. The molecular weight excluding hydrogens is 284 g/mol. The molecule has 1 heterocycles. The minimum atomic E-state index is 0.745. The van der Waals surface area contributed by atoms with Gasteiger partial charge in [0.05, 0.1) is 5.69 Å². The molecule has 3 rings (SSSR count). The molecule has 0 radical (unpaired) electrons. The van der Waals surface area contributed by atoms with Crippen molar-refractivity contribution in [3.8, 4) is 5.75 Å². The van der Waals surface area contributed by atoms with Crippen LogP contribution in [0.2, 0.25) is 5.02 Å². The van der Waals surface area contributed by atoms with Crippen LogP contribution in [0.3, 0.4) is 0 Å². The molecule has 1 aliphatic heterocycles. The molecule has 2 aromatic rings. The quantitative estimate of drug-likeness (QED) is 0.830. The SMILES string of the molecule is Clc1ccc(CNCCc2ccc3c(c2)NCCO3)cc1. The monoisotopic (exact) mass is 302 g/mol. The van der Waals surface area contributed by atoms with E-state index >= 15 is 0 Å². The highest BCUT2D eigenvalue weighted by Crippen LogP contribution is 2.28. The summed E-state index contributed by atoms with van der Waals surface area (Å²) >= 11 is 5.87. The standard InChI is InChI=1S/C17H19ClN2O/c18-15-4-1-14(2-5-15)12-19-8-7-13-3-6-17-16(11-13)20-9-10-21-17/h1-6,11,19-20H,7-10,12H2. The number of nitrogens with one attached hydrogen (secondary N) is 2. The number of anilines is 1. The Morgan fingerprint density at radius 3 is 2.76 bits per heavy atom. The van der Waals surface area contributed by atoms with Crippen molar-refractivity contribution in [2.24, 2.45) is 0 Å². The van der Waals surface area contributed by atoms with Gasteiger partial charge in [0, 0.05) is 18.1 Å². The lowest BCUT2D eigenvalue weighted by molar-refractivity contribution is 0.323. The van der Waals surface area contributed by atoms with Crippen molar-refractivity contribution in [1.82, 2.24) is 5.32 Å². The van der Waals surface area contributed by atoms with Crippen LogP contribution in [0.5, 0.6) is 5.75 Å². The van der Waals surface area contributed by atoms with Crippen LogP contribution in [0.4, 0.5) is 5.69 Å². The molecule has 4 heteroatoms. The molecular formula is C17H19ClN2O. The molecule has 21 heavy (non-hydrogen) atoms. The Bertz CT molecular complexity index is 598. The van der Waals surface area contributed by atoms with Gasteiger partial charge < -0.3 is 15.4 Å². The van der Waals surface area contributed by atoms with E-state index in [1.54, 1.807) is 0 Å². The van der Waals surface area contributed by atoms with Crippen LogP contribution in [0.15, 0.2) is 42.5 Å². The zero-order valence-corrected chi connectivity index (χ0v) is 12.6. The third kappa shape index (κ3) is 3.90. The van der Waals surface area contributed by atoms with Crippen molar-refractivity contribution in [2.45, 2.75) is 13.0 Å². The van der Waals surface area contributed by atoms with E-state index in [9.17, 15) is 0 Å². The number of ether oxygens (including phenoxy) is 1. The molecule has 1 aliphatic rings. The summed E-state index contributed by atoms with van der Waals surface area (Å²) in [7, 11) is 0. The molecule has 0 fully saturated rings. The Hall–Kier alpha value is -1.71. The van der Waals surface area contributed by atoms with Gasteiger partial charge in [0.25, 0.3) is 0 Å². The van der Waals surface area contributed by atoms with E-state index in [1.165, 1.54) is 11.1 Å². The average Bonchev–Trinajstić information content (AvgIpc) is 2.53. The van der Waals surface area contributed by atoms with Gasteiger partial charge in [0.1, 0.15) is 12.4 Å². The summed E-state index contributed by atoms with van der Waals surface area (Å²) in [5, 5.41) is 7.60. The van der Waals surface area contributed by atoms with Gasteiger partial charge in [-0.1, -0.05) is 29.8 Å². The van der Waals surface area contributed by atoms with Crippen LogP contribution in [0, 0.1) is 0 Å². The van der Waals surface area contributed by atoms with Gasteiger partial charge in [-0.3, -0.25) is 0 Å². The van der Waals surface area contributed by atoms with E-state index < -0.39 is 0 Å². The zero-order valence-electron chi connectivity index (χ0n) is 11.9. The highest BCUT2D eigenvalue weighted by molar-refractivity contribution is 6.30. The highest BCUT2D eigenvalue weighted by Gasteiger charge is 2.09. The molecule has 0 saturated carbocycles. The van der Waals surface area contributed by atoms with Gasteiger partial charge >= 0.3 is 0 Å². The highest BCUT2D eigenvalue weighted by atomic mass is 35.5. The van der Waals surface area contributed by atoms with E-state index in [0.29, 0.717) is 0 Å². The Labute approximate surface area is 130 Å². The maximum atomic E-state index is 5.87. The third-order valence-electron chi connectivity index (χ3n) is 3.55. The Morgan fingerprint density at radius 2 is 1.90 bits per heavy atom. The van der Waals surface area contributed by atoms with Gasteiger partial charge in [-0.25, -0.2) is 0 Å². The van der Waals surface area contributed by atoms with Crippen molar-refractivity contribution in [1.29, 1.82) is 0 Å². The zero-order chi connectivity index (χ0) is 14.5. The molecule has 2 N–H and O–H groups in total. The van der Waals surface area contributed by atoms with Gasteiger partial charge in [0.15, 0.2) is 0 Å². The van der Waals surface area contributed by atoms with E-state index in [-0.39, 0.29) is 0 Å². The summed E-state index contributed by atoms with van der Waals surface area (Å²) in [5.74, 6) is 0.958. The Balaban J connectivity index is 1.48. The molecule has 110 valence electrons. The first kappa shape index (κ1) is 14.2. The molecule has 0 saturated heterocycles. The maximum absolute atomic E-state index is 5.87. The topological polar surface area (TPSA) is 33.3 Å². The summed E-state index contributed by atoms with van der Waals surface area (Å²) in [5.41, 5.74) is 3.67. The normalized spacial score (nSPS) is 13.2. The van der Waals surface area contributed by atoms with Crippen molar-refractivity contribution in [3.05, 3.63) is 58.6 Å². The summed E-state index contributed by atoms with van der Waals surface area (Å²) in [4.78, 5) is 0. The van der Waals surface area contributed by atoms with E-state index in [0.717, 1.165) is 49.1 Å². The van der Waals surface area contributed by atoms with E-state index in [4.69, 9.17) is 16.3 Å². The first-order valence-corrected chi connectivity index (χ1v) is 7.64. The predicted molar refractivity (Wildman–Crippen MR) is 87.3 cm³/mol. The fourth-order valence-electron chi connectivity index (χ4n) is 2.41. The summed E-state index contributed by atoms with van der Waals surface area (Å²) in [6.45, 7) is 3.44. The lowest BCUT2D eigenvalue weighted by Crippen LogP contribution is -2.19. The fourth-order valence-corrected chi connectivity index (χ4v) is 2.54. The Kier molecular flexibility index (Phi) is 4.63. The van der Waals surface area contributed by atoms with E-state index in [1.807, 2.05) is 12.1 Å². The number of benzene rings is 2. The number of hydrogen-bond donors (Lipinski definition) is 2. The smallest absolute Gasteiger partial charge is 0.142 e. The summed E-state index contributed by atoms with van der Waals surface area (Å²) < 4.78 is 5.58. The van der Waals surface area contributed by atoms with Gasteiger partial charge in [-0.05, 0) is 48.4 Å². The maximum Gasteiger partial charge on any atom is 0.142 e. The number of rotatable bonds is 5. The van der Waals surface area contributed by atoms with Crippen LogP contribution < -0.4 is 15.4 Å². The number of hydrogen-bond acceptors (Lipinski definition) is 3. The van der Waals surface area contributed by atoms with Crippen LogP contribution in [-0.2, 0) is 13.0 Å². The molecule has 2 aromatic carbocycles. The number of halogens is 1. The van der Waals surface area contributed by atoms with Crippen LogP contribution >= 0.6 is 11.6 Å². The second-order valence-corrected chi connectivity index (χ2v) is 5.60. The van der Waals surface area contributed by atoms with Gasteiger partial charge in [0.2, 0.25) is 0 Å². The molecule has 0 atom stereocenters. The first-order chi connectivity index (χ1) is 10.3. The van der Waals surface area contributed by atoms with Gasteiger partial charge in [-0.2, -0.15) is 0 Å². The fraction of sp³-hybridized carbons (Fsp3) is 0.294. The minimum Gasteiger partial charge on any atom is -0.490 e. The molecule has 0 amide bonds. The first-order valence-electron chi connectivity index (χ1n) is 7.26. The molecule has 3 nitrogen and oxygen atoms in total. The van der Waals surface area contributed by atoms with Crippen LogP contribution in [0.25, 0.3) is 0 Å². The molecule has 0 bridgehead atoms.